The Morgan fingerprint density at radius 1 is 0.839 bits per heavy atom. The Morgan fingerprint density at radius 3 is 2.23 bits per heavy atom. The molecular weight excluding hydrogens is 387 g/mol. The zero-order valence-electron chi connectivity index (χ0n) is 18.6. The first-order valence-electron chi connectivity index (χ1n) is 12.0. The lowest BCUT2D eigenvalue weighted by molar-refractivity contribution is 0.00210. The average molecular weight is 423 g/mol. The van der Waals surface area contributed by atoms with Gasteiger partial charge < -0.3 is 4.90 Å². The number of piperazine rings is 1. The molecule has 2 aromatic carbocycles. The number of carbonyl (C=O) groups is 1. The molecule has 0 aromatic heterocycles. The van der Waals surface area contributed by atoms with Gasteiger partial charge in [-0.1, -0.05) is 68.1 Å². The fourth-order valence-corrected chi connectivity index (χ4v) is 5.55. The molecule has 4 heteroatoms. The third-order valence-corrected chi connectivity index (χ3v) is 7.33. The molecule has 0 unspecified atom stereocenters. The minimum atomic E-state index is -0.419. The summed E-state index contributed by atoms with van der Waals surface area (Å²) in [5.74, 6) is -0.588. The molecule has 0 radical (unpaired) electrons. The Labute approximate surface area is 186 Å². The molecule has 2 aromatic rings. The lowest BCUT2D eigenvalue weighted by Crippen LogP contribution is -2.58. The van der Waals surface area contributed by atoms with E-state index in [0.717, 1.165) is 19.5 Å². The third-order valence-electron chi connectivity index (χ3n) is 7.33. The van der Waals surface area contributed by atoms with Crippen molar-refractivity contribution in [3.05, 3.63) is 71.5 Å². The van der Waals surface area contributed by atoms with Gasteiger partial charge in [-0.25, -0.2) is 4.39 Å². The smallest absolute Gasteiger partial charge is 0.256 e. The number of amides is 1. The highest BCUT2D eigenvalue weighted by Crippen LogP contribution is 2.38. The second-order valence-corrected chi connectivity index (χ2v) is 9.24. The Bertz CT molecular complexity index is 839. The molecule has 0 atom stereocenters. The summed E-state index contributed by atoms with van der Waals surface area (Å²) in [6.45, 7) is 3.19. The highest BCUT2D eigenvalue weighted by atomic mass is 19.1. The Kier molecular flexibility index (Phi) is 7.39. The van der Waals surface area contributed by atoms with E-state index in [1.54, 1.807) is 18.2 Å². The molecular formula is C27H35FN2O. The van der Waals surface area contributed by atoms with Crippen molar-refractivity contribution in [1.82, 2.24) is 9.80 Å². The van der Waals surface area contributed by atoms with Gasteiger partial charge in [-0.05, 0) is 49.8 Å². The van der Waals surface area contributed by atoms with E-state index in [4.69, 9.17) is 0 Å². The molecule has 0 N–H and O–H groups in total. The Hall–Kier alpha value is -2.20. The molecule has 0 spiro atoms. The van der Waals surface area contributed by atoms with Gasteiger partial charge in [-0.15, -0.1) is 0 Å². The minimum Gasteiger partial charge on any atom is -0.336 e. The van der Waals surface area contributed by atoms with Gasteiger partial charge in [0.2, 0.25) is 0 Å². The van der Waals surface area contributed by atoms with Crippen molar-refractivity contribution in [2.75, 3.05) is 26.2 Å². The van der Waals surface area contributed by atoms with Crippen LogP contribution in [0, 0.1) is 5.82 Å². The average Bonchev–Trinajstić information content (AvgIpc) is 2.83. The van der Waals surface area contributed by atoms with Crippen LogP contribution in [0.3, 0.4) is 0 Å². The normalized spacial score (nSPS) is 19.3. The maximum absolute atomic E-state index is 14.1. The molecule has 1 saturated carbocycles. The number of benzene rings is 2. The van der Waals surface area contributed by atoms with Crippen LogP contribution in [0.5, 0.6) is 0 Å². The van der Waals surface area contributed by atoms with Crippen LogP contribution in [0.4, 0.5) is 4.39 Å². The number of aryl methyl sites for hydroxylation is 1. The van der Waals surface area contributed by atoms with E-state index in [9.17, 15) is 9.18 Å². The highest BCUT2D eigenvalue weighted by molar-refractivity contribution is 5.94. The fourth-order valence-electron chi connectivity index (χ4n) is 5.55. The molecule has 1 heterocycles. The summed E-state index contributed by atoms with van der Waals surface area (Å²) in [6.07, 6.45) is 11.4. The van der Waals surface area contributed by atoms with Crippen LogP contribution in [0.2, 0.25) is 0 Å². The standard InChI is InChI=1S/C27H35FN2O/c28-25-15-6-5-14-24(25)26(31)29-19-21-30(22-20-29)27(16-8-2-9-17-27)18-10-7-13-23-11-3-1-4-12-23/h1,3-6,11-12,14-15H,2,7-10,13,16-22H2. The number of unbranched alkanes of at least 4 members (excludes halogenated alkanes) is 1. The first-order valence-corrected chi connectivity index (χ1v) is 12.0. The first kappa shape index (κ1) is 22.0. The van der Waals surface area contributed by atoms with E-state index in [0.29, 0.717) is 18.6 Å². The highest BCUT2D eigenvalue weighted by Gasteiger charge is 2.39. The van der Waals surface area contributed by atoms with E-state index in [1.807, 2.05) is 4.90 Å². The van der Waals surface area contributed by atoms with Gasteiger partial charge in [-0.2, -0.15) is 0 Å². The predicted octanol–water partition coefficient (Wildman–Crippen LogP) is 5.70. The van der Waals surface area contributed by atoms with Crippen molar-refractivity contribution >= 4 is 5.91 Å². The lowest BCUT2D eigenvalue weighted by Gasteiger charge is -2.50. The van der Waals surface area contributed by atoms with E-state index in [1.165, 1.54) is 63.0 Å². The van der Waals surface area contributed by atoms with Crippen LogP contribution in [-0.4, -0.2) is 47.4 Å². The Morgan fingerprint density at radius 2 is 1.52 bits per heavy atom. The molecule has 2 aliphatic rings. The largest absolute Gasteiger partial charge is 0.336 e. The third kappa shape index (κ3) is 5.35. The molecule has 3 nitrogen and oxygen atoms in total. The van der Waals surface area contributed by atoms with E-state index in [2.05, 4.69) is 35.2 Å². The summed E-state index contributed by atoms with van der Waals surface area (Å²) in [7, 11) is 0. The molecule has 4 rings (SSSR count). The molecule has 1 aliphatic heterocycles. The number of halogens is 1. The SMILES string of the molecule is O=C(c1ccccc1F)N1CCN(C2(CCCCc3ccccc3)CCCCC2)CC1. The van der Waals surface area contributed by atoms with Gasteiger partial charge in [0.15, 0.2) is 0 Å². The van der Waals surface area contributed by atoms with Crippen LogP contribution >= 0.6 is 0 Å². The number of carbonyl (C=O) groups excluding carboxylic acids is 1. The van der Waals surface area contributed by atoms with Crippen molar-refractivity contribution in [3.63, 3.8) is 0 Å². The summed E-state index contributed by atoms with van der Waals surface area (Å²) < 4.78 is 14.1. The lowest BCUT2D eigenvalue weighted by atomic mass is 9.76. The van der Waals surface area contributed by atoms with Crippen LogP contribution in [0.15, 0.2) is 54.6 Å². The number of nitrogens with zero attached hydrogens (tertiary/aromatic N) is 2. The van der Waals surface area contributed by atoms with Crippen molar-refractivity contribution in [2.45, 2.75) is 63.3 Å². The monoisotopic (exact) mass is 422 g/mol. The van der Waals surface area contributed by atoms with Crippen molar-refractivity contribution in [1.29, 1.82) is 0 Å². The molecule has 1 saturated heterocycles. The first-order chi connectivity index (χ1) is 15.2. The fraction of sp³-hybridized carbons (Fsp3) is 0.519. The van der Waals surface area contributed by atoms with Gasteiger partial charge in [0.25, 0.3) is 5.91 Å². The number of hydrogen-bond donors (Lipinski definition) is 0. The van der Waals surface area contributed by atoms with Crippen molar-refractivity contribution < 1.29 is 9.18 Å². The van der Waals surface area contributed by atoms with Crippen LogP contribution < -0.4 is 0 Å². The van der Waals surface area contributed by atoms with Gasteiger partial charge in [-0.3, -0.25) is 9.69 Å². The van der Waals surface area contributed by atoms with Gasteiger partial charge >= 0.3 is 0 Å². The van der Waals surface area contributed by atoms with Gasteiger partial charge in [0.05, 0.1) is 5.56 Å². The van der Waals surface area contributed by atoms with Gasteiger partial charge in [0.1, 0.15) is 5.82 Å². The summed E-state index contributed by atoms with van der Waals surface area (Å²) in [6, 6.07) is 17.1. The molecule has 1 aliphatic carbocycles. The minimum absolute atomic E-state index is 0.168. The zero-order valence-corrected chi connectivity index (χ0v) is 18.6. The molecule has 1 amide bonds. The summed E-state index contributed by atoms with van der Waals surface area (Å²) in [4.78, 5) is 17.3. The quantitative estimate of drug-likeness (QED) is 0.535. The second-order valence-electron chi connectivity index (χ2n) is 9.24. The van der Waals surface area contributed by atoms with Crippen LogP contribution in [0.1, 0.15) is 67.3 Å². The predicted molar refractivity (Wildman–Crippen MR) is 124 cm³/mol. The summed E-state index contributed by atoms with van der Waals surface area (Å²) in [5.41, 5.74) is 1.92. The van der Waals surface area contributed by atoms with E-state index in [-0.39, 0.29) is 11.5 Å². The zero-order chi connectivity index (χ0) is 21.5. The van der Waals surface area contributed by atoms with Crippen LogP contribution in [0.25, 0.3) is 0 Å². The summed E-state index contributed by atoms with van der Waals surface area (Å²) >= 11 is 0. The summed E-state index contributed by atoms with van der Waals surface area (Å²) in [5, 5.41) is 0. The number of rotatable bonds is 7. The number of hydrogen-bond acceptors (Lipinski definition) is 2. The van der Waals surface area contributed by atoms with Gasteiger partial charge in [0, 0.05) is 31.7 Å². The molecule has 0 bridgehead atoms. The van der Waals surface area contributed by atoms with Crippen molar-refractivity contribution in [2.24, 2.45) is 0 Å². The van der Waals surface area contributed by atoms with E-state index >= 15 is 0 Å². The maximum atomic E-state index is 14.1. The molecule has 31 heavy (non-hydrogen) atoms. The topological polar surface area (TPSA) is 23.6 Å². The maximum Gasteiger partial charge on any atom is 0.256 e. The molecule has 166 valence electrons. The molecule has 2 fully saturated rings. The second kappa shape index (κ2) is 10.4. The van der Waals surface area contributed by atoms with E-state index < -0.39 is 5.82 Å². The van der Waals surface area contributed by atoms with Crippen molar-refractivity contribution in [3.8, 4) is 0 Å². The van der Waals surface area contributed by atoms with Crippen LogP contribution in [-0.2, 0) is 6.42 Å². The Balaban J connectivity index is 1.33.